The summed E-state index contributed by atoms with van der Waals surface area (Å²) in [7, 11) is 0. The van der Waals surface area contributed by atoms with E-state index in [0.29, 0.717) is 12.3 Å². The molecule has 0 bridgehead atoms. The highest BCUT2D eigenvalue weighted by Crippen LogP contribution is 2.32. The lowest BCUT2D eigenvalue weighted by atomic mass is 9.91. The van der Waals surface area contributed by atoms with Gasteiger partial charge in [0.15, 0.2) is 0 Å². The van der Waals surface area contributed by atoms with Crippen molar-refractivity contribution in [3.05, 3.63) is 46.6 Å². The molecule has 0 aromatic rings. The lowest BCUT2D eigenvalue weighted by molar-refractivity contribution is -0.620. The van der Waals surface area contributed by atoms with E-state index in [0.717, 1.165) is 32.1 Å². The third kappa shape index (κ3) is 11.5. The van der Waals surface area contributed by atoms with Gasteiger partial charge in [-0.05, 0) is 93.4 Å². The van der Waals surface area contributed by atoms with Gasteiger partial charge < -0.3 is 0 Å². The molecule has 0 saturated carbocycles. The lowest BCUT2D eigenvalue weighted by Gasteiger charge is -2.35. The van der Waals surface area contributed by atoms with Crippen LogP contribution < -0.4 is 0 Å². The smallest absolute Gasteiger partial charge is 0.199 e. The fraction of sp³-hybridized carbons (Fsp3) is 0.680. The van der Waals surface area contributed by atoms with Gasteiger partial charge in [0.1, 0.15) is 0 Å². The molecular formula is C25H42O4. The van der Waals surface area contributed by atoms with E-state index in [4.69, 9.17) is 19.6 Å². The Morgan fingerprint density at radius 2 is 1.45 bits per heavy atom. The van der Waals surface area contributed by atoms with Crippen LogP contribution in [0.2, 0.25) is 0 Å². The van der Waals surface area contributed by atoms with E-state index in [1.165, 1.54) is 22.3 Å². The maximum absolute atomic E-state index is 5.44. The average molecular weight is 407 g/mol. The van der Waals surface area contributed by atoms with Crippen molar-refractivity contribution in [3.8, 4) is 0 Å². The molecule has 1 rings (SSSR count). The van der Waals surface area contributed by atoms with Crippen LogP contribution in [0.5, 0.6) is 0 Å². The van der Waals surface area contributed by atoms with Crippen LogP contribution >= 0.6 is 0 Å². The predicted molar refractivity (Wildman–Crippen MR) is 120 cm³/mol. The molecule has 0 aromatic heterocycles. The summed E-state index contributed by atoms with van der Waals surface area (Å²) >= 11 is 0. The van der Waals surface area contributed by atoms with Crippen LogP contribution in [0.25, 0.3) is 0 Å². The Hall–Kier alpha value is -1.20. The number of hydrogen-bond acceptors (Lipinski definition) is 4. The second kappa shape index (κ2) is 13.2. The van der Waals surface area contributed by atoms with Gasteiger partial charge in [0.05, 0.1) is 0 Å². The van der Waals surface area contributed by atoms with Gasteiger partial charge in [-0.25, -0.2) is 0 Å². The summed E-state index contributed by atoms with van der Waals surface area (Å²) in [4.78, 5) is 21.2. The standard InChI is InChI=1S/C25H42O4/c1-9-20(4)12-10-13-21(5)14-11-15-22(6)17-24(16-19(2)3)18-25(8)28-26-23(7)27-29-25/h9,13,15-16,23-24H,10-12,14,17-18H2,1-8H3/b20-9+,21-13+,22-15+. The van der Waals surface area contributed by atoms with Gasteiger partial charge in [-0.2, -0.15) is 19.6 Å². The van der Waals surface area contributed by atoms with E-state index in [-0.39, 0.29) is 0 Å². The normalized spacial score (nSPS) is 25.1. The number of rotatable bonds is 11. The molecule has 0 N–H and O–H groups in total. The third-order valence-electron chi connectivity index (χ3n) is 5.06. The van der Waals surface area contributed by atoms with Crippen molar-refractivity contribution in [3.63, 3.8) is 0 Å². The fourth-order valence-electron chi connectivity index (χ4n) is 3.41. The Balaban J connectivity index is 2.56. The van der Waals surface area contributed by atoms with E-state index in [2.05, 4.69) is 65.8 Å². The number of hydrogen-bond donors (Lipinski definition) is 0. The van der Waals surface area contributed by atoms with Crippen LogP contribution in [0.15, 0.2) is 46.6 Å². The van der Waals surface area contributed by atoms with Crippen LogP contribution in [0.1, 0.15) is 93.9 Å². The van der Waals surface area contributed by atoms with Crippen molar-refractivity contribution < 1.29 is 19.6 Å². The maximum atomic E-state index is 5.44. The van der Waals surface area contributed by atoms with Crippen LogP contribution in [0.4, 0.5) is 0 Å². The first-order valence-electron chi connectivity index (χ1n) is 10.9. The van der Waals surface area contributed by atoms with E-state index in [1.54, 1.807) is 6.92 Å². The van der Waals surface area contributed by atoms with Crippen LogP contribution in [0.3, 0.4) is 0 Å². The lowest BCUT2D eigenvalue weighted by Crippen LogP contribution is -2.42. The van der Waals surface area contributed by atoms with Crippen LogP contribution in [-0.2, 0) is 19.6 Å². The zero-order chi connectivity index (χ0) is 21.9. The fourth-order valence-corrected chi connectivity index (χ4v) is 3.41. The molecule has 0 radical (unpaired) electrons. The van der Waals surface area contributed by atoms with Gasteiger partial charge in [0.2, 0.25) is 12.1 Å². The average Bonchev–Trinajstić information content (AvgIpc) is 2.63. The van der Waals surface area contributed by atoms with Gasteiger partial charge in [-0.1, -0.05) is 46.6 Å². The van der Waals surface area contributed by atoms with Crippen molar-refractivity contribution in [2.75, 3.05) is 0 Å². The molecule has 4 nitrogen and oxygen atoms in total. The molecule has 0 amide bonds. The first kappa shape index (κ1) is 25.8. The highest BCUT2D eigenvalue weighted by Gasteiger charge is 2.37. The van der Waals surface area contributed by atoms with Crippen LogP contribution in [-0.4, -0.2) is 12.1 Å². The molecule has 1 unspecified atom stereocenters. The Bertz CT molecular complexity index is 600. The van der Waals surface area contributed by atoms with Crippen molar-refractivity contribution in [1.82, 2.24) is 0 Å². The minimum atomic E-state index is -0.895. The van der Waals surface area contributed by atoms with Crippen molar-refractivity contribution in [2.24, 2.45) is 5.92 Å². The molecule has 1 atom stereocenters. The number of allylic oxidation sites excluding steroid dienone is 8. The highest BCUT2D eigenvalue weighted by atomic mass is 17.4. The summed E-state index contributed by atoms with van der Waals surface area (Å²) < 4.78 is 0. The molecule has 1 aliphatic heterocycles. The summed E-state index contributed by atoms with van der Waals surface area (Å²) in [6, 6.07) is 0. The summed E-state index contributed by atoms with van der Waals surface area (Å²) in [5.41, 5.74) is 5.60. The Labute approximate surface area is 178 Å². The molecule has 1 aliphatic rings. The Morgan fingerprint density at radius 1 is 0.897 bits per heavy atom. The largest absolute Gasteiger partial charge is 0.232 e. The predicted octanol–water partition coefficient (Wildman–Crippen LogP) is 7.74. The summed E-state index contributed by atoms with van der Waals surface area (Å²) in [5.74, 6) is -0.601. The van der Waals surface area contributed by atoms with E-state index in [9.17, 15) is 0 Å². The monoisotopic (exact) mass is 406 g/mol. The van der Waals surface area contributed by atoms with E-state index < -0.39 is 12.1 Å². The summed E-state index contributed by atoms with van der Waals surface area (Å²) in [5, 5.41) is 0. The van der Waals surface area contributed by atoms with Gasteiger partial charge in [-0.15, -0.1) is 0 Å². The van der Waals surface area contributed by atoms with Gasteiger partial charge >= 0.3 is 0 Å². The van der Waals surface area contributed by atoms with E-state index in [1.807, 2.05) is 6.92 Å². The SMILES string of the molecule is C/C=C(\C)CC/C=C(\C)CC/C=C(\C)CC(C=C(C)C)CC1(C)OOC(C)OO1. The molecular weight excluding hydrogens is 364 g/mol. The second-order valence-electron chi connectivity index (χ2n) is 8.79. The first-order chi connectivity index (χ1) is 13.6. The highest BCUT2D eigenvalue weighted by molar-refractivity contribution is 5.09. The molecule has 29 heavy (non-hydrogen) atoms. The van der Waals surface area contributed by atoms with Gasteiger partial charge in [-0.3, -0.25) is 0 Å². The second-order valence-corrected chi connectivity index (χ2v) is 8.79. The summed E-state index contributed by atoms with van der Waals surface area (Å²) in [6.45, 7) is 16.6. The minimum absolute atomic E-state index is 0.294. The first-order valence-corrected chi connectivity index (χ1v) is 10.9. The van der Waals surface area contributed by atoms with Crippen molar-refractivity contribution in [2.45, 2.75) is 106 Å². The molecule has 166 valence electrons. The van der Waals surface area contributed by atoms with Crippen molar-refractivity contribution in [1.29, 1.82) is 0 Å². The maximum Gasteiger partial charge on any atom is 0.232 e. The van der Waals surface area contributed by atoms with Gasteiger partial charge in [0.25, 0.3) is 0 Å². The Morgan fingerprint density at radius 3 is 2.00 bits per heavy atom. The molecule has 1 saturated heterocycles. The summed E-state index contributed by atoms with van der Waals surface area (Å²) in [6.07, 6.45) is 14.8. The Kier molecular flexibility index (Phi) is 11.7. The third-order valence-corrected chi connectivity index (χ3v) is 5.06. The van der Waals surface area contributed by atoms with Crippen molar-refractivity contribution >= 4 is 0 Å². The topological polar surface area (TPSA) is 36.9 Å². The zero-order valence-electron chi connectivity index (χ0n) is 19.8. The van der Waals surface area contributed by atoms with Gasteiger partial charge in [0, 0.05) is 6.42 Å². The van der Waals surface area contributed by atoms with E-state index >= 15 is 0 Å². The molecule has 1 fully saturated rings. The molecule has 0 spiro atoms. The minimum Gasteiger partial charge on any atom is -0.199 e. The zero-order valence-corrected chi connectivity index (χ0v) is 19.8. The molecule has 1 heterocycles. The quantitative estimate of drug-likeness (QED) is 0.260. The molecule has 4 heteroatoms. The van der Waals surface area contributed by atoms with Crippen LogP contribution in [0, 0.1) is 5.92 Å². The molecule has 0 aromatic carbocycles. The molecule has 0 aliphatic carbocycles.